The van der Waals surface area contributed by atoms with Crippen LogP contribution in [0.1, 0.15) is 53.9 Å². The van der Waals surface area contributed by atoms with E-state index in [2.05, 4.69) is 12.2 Å². The van der Waals surface area contributed by atoms with Gasteiger partial charge in [0.15, 0.2) is 5.82 Å². The number of aromatic nitrogens is 1. The Labute approximate surface area is 195 Å². The molecule has 5 nitrogen and oxygen atoms in total. The predicted molar refractivity (Wildman–Crippen MR) is 131 cm³/mol. The second-order valence-corrected chi connectivity index (χ2v) is 10.5. The van der Waals surface area contributed by atoms with Crippen LogP contribution in [0.15, 0.2) is 65.6 Å². The van der Waals surface area contributed by atoms with Crippen molar-refractivity contribution in [3.8, 4) is 0 Å². The number of anilines is 2. The van der Waals surface area contributed by atoms with E-state index >= 15 is 0 Å². The average molecular weight is 470 g/mol. The molecule has 7 heteroatoms. The van der Waals surface area contributed by atoms with Crippen molar-refractivity contribution in [3.63, 3.8) is 0 Å². The van der Waals surface area contributed by atoms with Crippen molar-refractivity contribution < 1.29 is 8.42 Å². The summed E-state index contributed by atoms with van der Waals surface area (Å²) in [5.41, 5.74) is 4.27. The maximum Gasteiger partial charge on any atom is 0.267 e. The minimum absolute atomic E-state index is 0.266. The molecule has 0 saturated carbocycles. The Bertz CT molecular complexity index is 1200. The van der Waals surface area contributed by atoms with Crippen LogP contribution in [0.25, 0.3) is 0 Å². The quantitative estimate of drug-likeness (QED) is 0.420. The van der Waals surface area contributed by atoms with Crippen molar-refractivity contribution in [1.82, 2.24) is 4.98 Å². The standard InChI is InChI=1S/C25H28ClN3O2S/c1-4-5-11-23-28-22-16-21(24(26)19-9-7-6-8-10-19)18(3)27-25(22)29(23)32(30,31)20-14-12-17(2)13-15-20/h6-10,12-16,23-24,28H,4-5,11H2,1-3H3. The van der Waals surface area contributed by atoms with Crippen molar-refractivity contribution >= 4 is 33.1 Å². The lowest BCUT2D eigenvalue weighted by Gasteiger charge is -2.25. The Morgan fingerprint density at radius 3 is 2.44 bits per heavy atom. The second-order valence-electron chi connectivity index (χ2n) is 8.22. The zero-order valence-corrected chi connectivity index (χ0v) is 20.1. The molecule has 1 aromatic heterocycles. The number of aryl methyl sites for hydroxylation is 2. The van der Waals surface area contributed by atoms with Crippen LogP contribution in [0.3, 0.4) is 0 Å². The van der Waals surface area contributed by atoms with E-state index in [9.17, 15) is 8.42 Å². The van der Waals surface area contributed by atoms with Crippen LogP contribution in [0.2, 0.25) is 0 Å². The molecule has 3 aromatic rings. The van der Waals surface area contributed by atoms with Gasteiger partial charge in [-0.05, 0) is 56.0 Å². The van der Waals surface area contributed by atoms with Gasteiger partial charge < -0.3 is 5.32 Å². The van der Waals surface area contributed by atoms with Gasteiger partial charge in [-0.3, -0.25) is 0 Å². The maximum absolute atomic E-state index is 13.7. The summed E-state index contributed by atoms with van der Waals surface area (Å²) in [6.45, 7) is 5.91. The van der Waals surface area contributed by atoms with Crippen LogP contribution in [0.4, 0.5) is 11.5 Å². The number of halogens is 1. The summed E-state index contributed by atoms with van der Waals surface area (Å²) in [6, 6.07) is 18.7. The highest BCUT2D eigenvalue weighted by atomic mass is 35.5. The van der Waals surface area contributed by atoms with E-state index in [1.807, 2.05) is 62.4 Å². The van der Waals surface area contributed by atoms with Gasteiger partial charge in [-0.1, -0.05) is 61.4 Å². The fraction of sp³-hybridized carbons (Fsp3) is 0.320. The largest absolute Gasteiger partial charge is 0.361 e. The predicted octanol–water partition coefficient (Wildman–Crippen LogP) is 6.16. The number of rotatable bonds is 7. The fourth-order valence-corrected chi connectivity index (χ4v) is 5.95. The third-order valence-corrected chi connectivity index (χ3v) is 8.12. The average Bonchev–Trinajstić information content (AvgIpc) is 3.15. The zero-order valence-electron chi connectivity index (χ0n) is 18.5. The lowest BCUT2D eigenvalue weighted by Crippen LogP contribution is -2.40. The fourth-order valence-electron chi connectivity index (χ4n) is 4.02. The summed E-state index contributed by atoms with van der Waals surface area (Å²) in [4.78, 5) is 5.02. The zero-order chi connectivity index (χ0) is 22.9. The summed E-state index contributed by atoms with van der Waals surface area (Å²) in [7, 11) is -3.78. The van der Waals surface area contributed by atoms with Gasteiger partial charge in [0.1, 0.15) is 6.17 Å². The summed E-state index contributed by atoms with van der Waals surface area (Å²) in [5, 5.41) is 3.04. The summed E-state index contributed by atoms with van der Waals surface area (Å²) < 4.78 is 28.8. The molecule has 0 saturated heterocycles. The molecule has 2 unspecified atom stereocenters. The van der Waals surface area contributed by atoms with Crippen LogP contribution in [-0.4, -0.2) is 19.6 Å². The molecular weight excluding hydrogens is 442 g/mol. The number of hydrogen-bond donors (Lipinski definition) is 1. The molecule has 0 fully saturated rings. The second kappa shape index (κ2) is 9.12. The molecule has 1 aliphatic heterocycles. The molecule has 168 valence electrons. The molecule has 0 spiro atoms. The number of pyridine rings is 1. The van der Waals surface area contributed by atoms with E-state index in [0.717, 1.165) is 35.2 Å². The maximum atomic E-state index is 13.7. The van der Waals surface area contributed by atoms with Gasteiger partial charge >= 0.3 is 0 Å². The van der Waals surface area contributed by atoms with Crippen LogP contribution < -0.4 is 9.62 Å². The molecule has 4 rings (SSSR count). The monoisotopic (exact) mass is 469 g/mol. The first-order valence-corrected chi connectivity index (χ1v) is 12.8. The van der Waals surface area contributed by atoms with Gasteiger partial charge in [0.2, 0.25) is 0 Å². The smallest absolute Gasteiger partial charge is 0.267 e. The van der Waals surface area contributed by atoms with E-state index < -0.39 is 10.0 Å². The van der Waals surface area contributed by atoms with E-state index in [4.69, 9.17) is 16.6 Å². The Balaban J connectivity index is 1.78. The van der Waals surface area contributed by atoms with Crippen LogP contribution >= 0.6 is 11.6 Å². The lowest BCUT2D eigenvalue weighted by atomic mass is 10.0. The number of benzene rings is 2. The molecule has 1 N–H and O–H groups in total. The van der Waals surface area contributed by atoms with Crippen molar-refractivity contribution in [1.29, 1.82) is 0 Å². The van der Waals surface area contributed by atoms with Crippen LogP contribution in [0.5, 0.6) is 0 Å². The number of sulfonamides is 1. The summed E-state index contributed by atoms with van der Waals surface area (Å²) >= 11 is 6.80. The van der Waals surface area contributed by atoms with Gasteiger partial charge in [0.25, 0.3) is 10.0 Å². The van der Waals surface area contributed by atoms with Crippen molar-refractivity contribution in [2.75, 3.05) is 9.62 Å². The van der Waals surface area contributed by atoms with Gasteiger partial charge in [-0.15, -0.1) is 11.6 Å². The number of unbranched alkanes of at least 4 members (excludes halogenated alkanes) is 1. The number of nitrogens with one attached hydrogen (secondary N) is 1. The minimum atomic E-state index is -3.78. The minimum Gasteiger partial charge on any atom is -0.361 e. The Kier molecular flexibility index (Phi) is 6.45. The van der Waals surface area contributed by atoms with Gasteiger partial charge in [-0.2, -0.15) is 0 Å². The SMILES string of the molecule is CCCCC1Nc2cc(C(Cl)c3ccccc3)c(C)nc2N1S(=O)(=O)c1ccc(C)cc1. The van der Waals surface area contributed by atoms with Crippen molar-refractivity contribution in [2.24, 2.45) is 0 Å². The van der Waals surface area contributed by atoms with E-state index in [1.165, 1.54) is 4.31 Å². The summed E-state index contributed by atoms with van der Waals surface area (Å²) in [6.07, 6.45) is 2.18. The number of nitrogens with zero attached hydrogens (tertiary/aromatic N) is 2. The van der Waals surface area contributed by atoms with Crippen LogP contribution in [-0.2, 0) is 10.0 Å². The number of hydrogen-bond acceptors (Lipinski definition) is 4. The molecule has 2 heterocycles. The third kappa shape index (κ3) is 4.21. The topological polar surface area (TPSA) is 62.3 Å². The molecule has 0 aliphatic carbocycles. The van der Waals surface area contributed by atoms with Gasteiger partial charge in [0, 0.05) is 5.69 Å². The van der Waals surface area contributed by atoms with Crippen molar-refractivity contribution in [3.05, 3.63) is 83.0 Å². The van der Waals surface area contributed by atoms with Crippen LogP contribution in [0, 0.1) is 13.8 Å². The molecule has 0 radical (unpaired) electrons. The highest BCUT2D eigenvalue weighted by Gasteiger charge is 2.40. The molecular formula is C25H28ClN3O2S. The first-order chi connectivity index (χ1) is 15.3. The van der Waals surface area contributed by atoms with E-state index in [0.29, 0.717) is 17.9 Å². The van der Waals surface area contributed by atoms with E-state index in [1.54, 1.807) is 12.1 Å². The molecule has 0 bridgehead atoms. The molecule has 1 aliphatic rings. The highest BCUT2D eigenvalue weighted by molar-refractivity contribution is 7.92. The summed E-state index contributed by atoms with van der Waals surface area (Å²) in [5.74, 6) is 0.435. The lowest BCUT2D eigenvalue weighted by molar-refractivity contribution is 0.570. The van der Waals surface area contributed by atoms with E-state index in [-0.39, 0.29) is 16.4 Å². The van der Waals surface area contributed by atoms with Gasteiger partial charge in [0.05, 0.1) is 16.0 Å². The van der Waals surface area contributed by atoms with Gasteiger partial charge in [-0.25, -0.2) is 17.7 Å². The molecule has 2 atom stereocenters. The van der Waals surface area contributed by atoms with Crippen molar-refractivity contribution in [2.45, 2.75) is 56.5 Å². The first kappa shape index (κ1) is 22.6. The normalized spacial score (nSPS) is 16.5. The Hall–Kier alpha value is -2.57. The Morgan fingerprint density at radius 2 is 1.78 bits per heavy atom. The molecule has 2 aromatic carbocycles. The Morgan fingerprint density at radius 1 is 1.09 bits per heavy atom. The number of fused-ring (bicyclic) bond motifs is 1. The molecule has 0 amide bonds. The molecule has 32 heavy (non-hydrogen) atoms. The third-order valence-electron chi connectivity index (χ3n) is 5.82. The first-order valence-electron chi connectivity index (χ1n) is 10.9. The number of alkyl halides is 1. The highest BCUT2D eigenvalue weighted by Crippen LogP contribution is 2.42.